The molecule has 1 fully saturated rings. The smallest absolute Gasteiger partial charge is 0.0751 e. The van der Waals surface area contributed by atoms with Crippen molar-refractivity contribution in [3.05, 3.63) is 35.4 Å². The van der Waals surface area contributed by atoms with E-state index in [1.807, 2.05) is 0 Å². The van der Waals surface area contributed by atoms with Crippen LogP contribution < -0.4 is 0 Å². The lowest BCUT2D eigenvalue weighted by Crippen LogP contribution is -2.47. The standard InChI is InChI=1S/C14H19NO/c1-15-8-6-14(7-9-15)10-12-4-2-3-5-13(12)11-16-14/h2-5H,6-11H2,1H3. The molecule has 86 valence electrons. The zero-order valence-electron chi connectivity index (χ0n) is 9.91. The van der Waals surface area contributed by atoms with Crippen molar-refractivity contribution in [2.75, 3.05) is 20.1 Å². The quantitative estimate of drug-likeness (QED) is 0.660. The third-order valence-electron chi connectivity index (χ3n) is 4.06. The maximum Gasteiger partial charge on any atom is 0.0751 e. The minimum Gasteiger partial charge on any atom is -0.370 e. The minimum absolute atomic E-state index is 0.140. The molecule has 0 saturated carbocycles. The topological polar surface area (TPSA) is 12.5 Å². The van der Waals surface area contributed by atoms with Gasteiger partial charge in [0.05, 0.1) is 12.2 Å². The number of rotatable bonds is 0. The van der Waals surface area contributed by atoms with Crippen LogP contribution in [0.25, 0.3) is 0 Å². The number of ether oxygens (including phenoxy) is 1. The SMILES string of the molecule is CN1CCC2(CC1)Cc1ccccc1CO2. The van der Waals surface area contributed by atoms with Crippen LogP contribution in [0.2, 0.25) is 0 Å². The molecule has 2 aliphatic rings. The number of likely N-dealkylation sites (tertiary alicyclic amines) is 1. The normalized spacial score (nSPS) is 24.3. The zero-order valence-corrected chi connectivity index (χ0v) is 9.91. The molecule has 0 N–H and O–H groups in total. The van der Waals surface area contributed by atoms with E-state index < -0.39 is 0 Å². The van der Waals surface area contributed by atoms with Crippen LogP contribution in [0.4, 0.5) is 0 Å². The van der Waals surface area contributed by atoms with Crippen molar-refractivity contribution in [2.24, 2.45) is 0 Å². The van der Waals surface area contributed by atoms with Gasteiger partial charge in [0.2, 0.25) is 0 Å². The molecule has 1 spiro atoms. The Kier molecular flexibility index (Phi) is 2.49. The second-order valence-electron chi connectivity index (χ2n) is 5.22. The molecular formula is C14H19NO. The van der Waals surface area contributed by atoms with Crippen molar-refractivity contribution >= 4 is 0 Å². The van der Waals surface area contributed by atoms with Gasteiger partial charge >= 0.3 is 0 Å². The summed E-state index contributed by atoms with van der Waals surface area (Å²) in [6, 6.07) is 8.71. The molecule has 3 rings (SSSR count). The van der Waals surface area contributed by atoms with E-state index in [-0.39, 0.29) is 5.60 Å². The maximum atomic E-state index is 6.15. The van der Waals surface area contributed by atoms with Crippen LogP contribution in [0.15, 0.2) is 24.3 Å². The number of benzene rings is 1. The van der Waals surface area contributed by atoms with Gasteiger partial charge in [0.25, 0.3) is 0 Å². The third-order valence-corrected chi connectivity index (χ3v) is 4.06. The molecule has 0 unspecified atom stereocenters. The highest BCUT2D eigenvalue weighted by Crippen LogP contribution is 2.35. The van der Waals surface area contributed by atoms with Crippen LogP contribution in [0, 0.1) is 0 Å². The summed E-state index contributed by atoms with van der Waals surface area (Å²) in [5.41, 5.74) is 3.02. The van der Waals surface area contributed by atoms with E-state index in [1.54, 1.807) is 0 Å². The molecule has 0 aromatic heterocycles. The van der Waals surface area contributed by atoms with E-state index in [1.165, 1.54) is 37.1 Å². The Morgan fingerprint density at radius 3 is 2.56 bits per heavy atom. The van der Waals surface area contributed by atoms with Gasteiger partial charge in [-0.1, -0.05) is 24.3 Å². The fourth-order valence-corrected chi connectivity index (χ4v) is 2.85. The molecule has 0 aliphatic carbocycles. The molecule has 0 amide bonds. The molecule has 2 nitrogen and oxygen atoms in total. The number of piperidine rings is 1. The van der Waals surface area contributed by atoms with E-state index in [2.05, 4.69) is 36.2 Å². The average Bonchev–Trinajstić information content (AvgIpc) is 2.33. The Morgan fingerprint density at radius 2 is 1.81 bits per heavy atom. The van der Waals surface area contributed by atoms with E-state index in [4.69, 9.17) is 4.74 Å². The molecule has 1 saturated heterocycles. The van der Waals surface area contributed by atoms with Gasteiger partial charge in [-0.3, -0.25) is 0 Å². The van der Waals surface area contributed by atoms with Crippen molar-refractivity contribution in [1.29, 1.82) is 0 Å². The molecular weight excluding hydrogens is 198 g/mol. The van der Waals surface area contributed by atoms with Crippen LogP contribution >= 0.6 is 0 Å². The molecule has 2 aliphatic heterocycles. The van der Waals surface area contributed by atoms with Crippen LogP contribution in [0.1, 0.15) is 24.0 Å². The van der Waals surface area contributed by atoms with E-state index in [9.17, 15) is 0 Å². The summed E-state index contributed by atoms with van der Waals surface area (Å²) in [6.45, 7) is 3.14. The zero-order chi connectivity index (χ0) is 11.0. The lowest BCUT2D eigenvalue weighted by atomic mass is 9.82. The summed E-state index contributed by atoms with van der Waals surface area (Å²) in [5, 5.41) is 0. The Balaban J connectivity index is 1.82. The van der Waals surface area contributed by atoms with Crippen molar-refractivity contribution in [3.63, 3.8) is 0 Å². The highest BCUT2D eigenvalue weighted by molar-refractivity contribution is 5.30. The number of hydrogen-bond donors (Lipinski definition) is 0. The molecule has 0 radical (unpaired) electrons. The van der Waals surface area contributed by atoms with Gasteiger partial charge in [0, 0.05) is 19.5 Å². The second kappa shape index (κ2) is 3.86. The van der Waals surface area contributed by atoms with Gasteiger partial charge in [-0.15, -0.1) is 0 Å². The summed E-state index contributed by atoms with van der Waals surface area (Å²) in [5.74, 6) is 0. The molecule has 0 atom stereocenters. The molecule has 16 heavy (non-hydrogen) atoms. The van der Waals surface area contributed by atoms with Crippen LogP contribution in [-0.2, 0) is 17.8 Å². The Labute approximate surface area is 97.2 Å². The second-order valence-corrected chi connectivity index (χ2v) is 5.22. The molecule has 1 aromatic rings. The van der Waals surface area contributed by atoms with Gasteiger partial charge in [-0.2, -0.15) is 0 Å². The summed E-state index contributed by atoms with van der Waals surface area (Å²) in [6.07, 6.45) is 3.46. The fraction of sp³-hybridized carbons (Fsp3) is 0.571. The first-order chi connectivity index (χ1) is 7.77. The van der Waals surface area contributed by atoms with Crippen LogP contribution in [0.5, 0.6) is 0 Å². The third kappa shape index (κ3) is 1.76. The monoisotopic (exact) mass is 217 g/mol. The van der Waals surface area contributed by atoms with Crippen molar-refractivity contribution in [1.82, 2.24) is 4.90 Å². The Bertz CT molecular complexity index is 380. The summed E-state index contributed by atoms with van der Waals surface area (Å²) in [4.78, 5) is 2.40. The first-order valence-electron chi connectivity index (χ1n) is 6.17. The van der Waals surface area contributed by atoms with E-state index in [0.717, 1.165) is 13.0 Å². The number of nitrogens with zero attached hydrogens (tertiary/aromatic N) is 1. The van der Waals surface area contributed by atoms with Crippen molar-refractivity contribution < 1.29 is 4.74 Å². The van der Waals surface area contributed by atoms with Gasteiger partial charge in [0.15, 0.2) is 0 Å². The summed E-state index contributed by atoms with van der Waals surface area (Å²) >= 11 is 0. The highest BCUT2D eigenvalue weighted by Gasteiger charge is 2.37. The largest absolute Gasteiger partial charge is 0.370 e. The summed E-state index contributed by atoms with van der Waals surface area (Å²) < 4.78 is 6.15. The molecule has 0 bridgehead atoms. The van der Waals surface area contributed by atoms with Crippen molar-refractivity contribution in [3.8, 4) is 0 Å². The first kappa shape index (κ1) is 10.3. The fourth-order valence-electron chi connectivity index (χ4n) is 2.85. The number of hydrogen-bond acceptors (Lipinski definition) is 2. The van der Waals surface area contributed by atoms with Gasteiger partial charge in [-0.05, 0) is 31.0 Å². The van der Waals surface area contributed by atoms with Crippen molar-refractivity contribution in [2.45, 2.75) is 31.5 Å². The first-order valence-corrected chi connectivity index (χ1v) is 6.17. The predicted molar refractivity (Wildman–Crippen MR) is 64.4 cm³/mol. The van der Waals surface area contributed by atoms with Gasteiger partial charge in [0.1, 0.15) is 0 Å². The minimum atomic E-state index is 0.140. The molecule has 2 heteroatoms. The Morgan fingerprint density at radius 1 is 1.12 bits per heavy atom. The van der Waals surface area contributed by atoms with Gasteiger partial charge in [-0.25, -0.2) is 0 Å². The maximum absolute atomic E-state index is 6.15. The Hall–Kier alpha value is -0.860. The average molecular weight is 217 g/mol. The molecule has 1 aromatic carbocycles. The van der Waals surface area contributed by atoms with Crippen LogP contribution in [0.3, 0.4) is 0 Å². The highest BCUT2D eigenvalue weighted by atomic mass is 16.5. The molecule has 2 heterocycles. The summed E-state index contributed by atoms with van der Waals surface area (Å²) in [7, 11) is 2.20. The lowest BCUT2D eigenvalue weighted by Gasteiger charge is -2.43. The van der Waals surface area contributed by atoms with E-state index in [0.29, 0.717) is 0 Å². The van der Waals surface area contributed by atoms with E-state index >= 15 is 0 Å². The van der Waals surface area contributed by atoms with Crippen LogP contribution in [-0.4, -0.2) is 30.6 Å². The van der Waals surface area contributed by atoms with Gasteiger partial charge < -0.3 is 9.64 Å². The number of fused-ring (bicyclic) bond motifs is 1. The lowest BCUT2D eigenvalue weighted by molar-refractivity contribution is -0.0993. The predicted octanol–water partition coefficient (Wildman–Crippen LogP) is 2.22.